The Bertz CT molecular complexity index is 910. The second-order valence-corrected chi connectivity index (χ2v) is 5.87. The lowest BCUT2D eigenvalue weighted by Gasteiger charge is -2.12. The Balaban J connectivity index is 2.45. The molecule has 0 aliphatic heterocycles. The predicted octanol–water partition coefficient (Wildman–Crippen LogP) is 5.29. The summed E-state index contributed by atoms with van der Waals surface area (Å²) < 4.78 is 48.4. The van der Waals surface area contributed by atoms with Crippen molar-refractivity contribution in [2.24, 2.45) is 0 Å². The summed E-state index contributed by atoms with van der Waals surface area (Å²) in [6, 6.07) is 9.56. The van der Waals surface area contributed by atoms with Crippen LogP contribution in [0.4, 0.5) is 13.2 Å². The molecule has 148 valence electrons. The number of rotatable bonds is 6. The van der Waals surface area contributed by atoms with Gasteiger partial charge in [-0.3, -0.25) is 0 Å². The molecule has 0 unspecified atom stereocenters. The van der Waals surface area contributed by atoms with Gasteiger partial charge in [-0.1, -0.05) is 30.4 Å². The highest BCUT2D eigenvalue weighted by molar-refractivity contribution is 5.99. The second kappa shape index (κ2) is 8.65. The number of ether oxygens (including phenoxy) is 2. The molecule has 2 aromatic rings. The molecule has 0 radical (unpaired) electrons. The van der Waals surface area contributed by atoms with Gasteiger partial charge in [0.05, 0.1) is 19.8 Å². The fourth-order valence-electron chi connectivity index (χ4n) is 2.52. The maximum Gasteiger partial charge on any atom is 0.416 e. The molecule has 0 amide bonds. The molecule has 0 fully saturated rings. The van der Waals surface area contributed by atoms with Crippen LogP contribution in [-0.4, -0.2) is 25.3 Å². The molecule has 2 aromatic carbocycles. The number of hydrogen-bond acceptors (Lipinski definition) is 3. The Morgan fingerprint density at radius 3 is 2.11 bits per heavy atom. The molecule has 2 rings (SSSR count). The smallest absolute Gasteiger partial charge is 0.416 e. The van der Waals surface area contributed by atoms with Gasteiger partial charge in [-0.05, 0) is 47.9 Å². The molecular weight excluding hydrogens is 373 g/mol. The van der Waals surface area contributed by atoms with E-state index < -0.39 is 17.7 Å². The number of allylic oxidation sites excluding steroid dienone is 2. The van der Waals surface area contributed by atoms with Crippen LogP contribution >= 0.6 is 0 Å². The highest BCUT2D eigenvalue weighted by atomic mass is 19.4. The Morgan fingerprint density at radius 1 is 1.00 bits per heavy atom. The van der Waals surface area contributed by atoms with Gasteiger partial charge < -0.3 is 14.6 Å². The third kappa shape index (κ3) is 4.94. The largest absolute Gasteiger partial charge is 0.493 e. The van der Waals surface area contributed by atoms with Crippen LogP contribution in [0.15, 0.2) is 54.1 Å². The number of alkyl halides is 3. The number of hydrogen-bond donors (Lipinski definition) is 1. The molecule has 0 heterocycles. The summed E-state index contributed by atoms with van der Waals surface area (Å²) in [7, 11) is 2.95. The van der Waals surface area contributed by atoms with Crippen LogP contribution in [0.2, 0.25) is 0 Å². The van der Waals surface area contributed by atoms with Crippen molar-refractivity contribution < 1.29 is 32.5 Å². The maximum absolute atomic E-state index is 12.7. The third-order valence-corrected chi connectivity index (χ3v) is 4.10. The number of carboxylic acid groups (broad SMARTS) is 1. The van der Waals surface area contributed by atoms with Gasteiger partial charge in [0.15, 0.2) is 11.5 Å². The van der Waals surface area contributed by atoms with Crippen molar-refractivity contribution in [3.05, 3.63) is 70.8 Å². The van der Waals surface area contributed by atoms with Crippen LogP contribution in [0.5, 0.6) is 11.5 Å². The highest BCUT2D eigenvalue weighted by Gasteiger charge is 2.29. The third-order valence-electron chi connectivity index (χ3n) is 4.10. The highest BCUT2D eigenvalue weighted by Crippen LogP contribution is 2.33. The number of carbonyl (C=O) groups is 1. The summed E-state index contributed by atoms with van der Waals surface area (Å²) in [5.74, 6) is -0.189. The monoisotopic (exact) mass is 392 g/mol. The van der Waals surface area contributed by atoms with Gasteiger partial charge in [0.25, 0.3) is 0 Å². The molecule has 0 saturated carbocycles. The minimum atomic E-state index is -4.41. The van der Waals surface area contributed by atoms with E-state index in [1.807, 2.05) is 0 Å². The van der Waals surface area contributed by atoms with Crippen molar-refractivity contribution in [1.29, 1.82) is 0 Å². The molecule has 28 heavy (non-hydrogen) atoms. The average Bonchev–Trinajstić information content (AvgIpc) is 2.67. The summed E-state index contributed by atoms with van der Waals surface area (Å²) in [5, 5.41) is 9.39. The maximum atomic E-state index is 12.7. The molecule has 0 saturated heterocycles. The van der Waals surface area contributed by atoms with Crippen LogP contribution in [0.3, 0.4) is 0 Å². The lowest BCUT2D eigenvalue weighted by Crippen LogP contribution is -2.04. The zero-order valence-electron chi connectivity index (χ0n) is 15.5. The topological polar surface area (TPSA) is 55.8 Å². The fourth-order valence-corrected chi connectivity index (χ4v) is 2.52. The number of halogens is 3. The van der Waals surface area contributed by atoms with Crippen molar-refractivity contribution in [1.82, 2.24) is 0 Å². The second-order valence-electron chi connectivity index (χ2n) is 5.87. The number of carboxylic acids is 1. The minimum absolute atomic E-state index is 0.0791. The van der Waals surface area contributed by atoms with Crippen molar-refractivity contribution in [3.8, 4) is 11.5 Å². The summed E-state index contributed by atoms with van der Waals surface area (Å²) in [6.07, 6.45) is -1.31. The lowest BCUT2D eigenvalue weighted by molar-refractivity contribution is -0.137. The van der Waals surface area contributed by atoms with Gasteiger partial charge in [-0.15, -0.1) is 0 Å². The summed E-state index contributed by atoms with van der Waals surface area (Å²) in [6.45, 7) is 1.45. The first-order valence-electron chi connectivity index (χ1n) is 8.19. The summed E-state index contributed by atoms with van der Waals surface area (Å²) in [4.78, 5) is 11.5. The van der Waals surface area contributed by atoms with Crippen molar-refractivity contribution in [2.45, 2.75) is 13.1 Å². The Kier molecular flexibility index (Phi) is 6.51. The van der Waals surface area contributed by atoms with E-state index in [1.165, 1.54) is 33.3 Å². The number of aliphatic carboxylic acids is 1. The normalized spacial score (nSPS) is 12.6. The SMILES string of the molecule is COc1ccc(C(C=Cc2ccc(C(F)(F)F)cc2)=C(C)C(=O)O)cc1OC. The Labute approximate surface area is 160 Å². The Hall–Kier alpha value is -3.22. The standard InChI is InChI=1S/C21H19F3O4/c1-13(20(25)26)17(15-7-11-18(27-2)19(12-15)28-3)10-6-14-4-8-16(9-5-14)21(22,23)24/h4-12H,1-3H3,(H,25,26). The number of benzene rings is 2. The van der Waals surface area contributed by atoms with Crippen LogP contribution in [0.1, 0.15) is 23.6 Å². The van der Waals surface area contributed by atoms with Gasteiger partial charge in [-0.25, -0.2) is 4.79 Å². The zero-order chi connectivity index (χ0) is 20.9. The van der Waals surface area contributed by atoms with E-state index in [4.69, 9.17) is 9.47 Å². The van der Waals surface area contributed by atoms with Crippen LogP contribution in [0, 0.1) is 0 Å². The molecule has 0 spiro atoms. The van der Waals surface area contributed by atoms with Crippen LogP contribution in [-0.2, 0) is 11.0 Å². The van der Waals surface area contributed by atoms with Gasteiger partial charge in [0.1, 0.15) is 0 Å². The van der Waals surface area contributed by atoms with E-state index in [-0.39, 0.29) is 5.57 Å². The quantitative estimate of drug-likeness (QED) is 0.536. The zero-order valence-corrected chi connectivity index (χ0v) is 15.5. The van der Waals surface area contributed by atoms with E-state index in [1.54, 1.807) is 30.4 Å². The molecule has 7 heteroatoms. The van der Waals surface area contributed by atoms with Crippen molar-refractivity contribution in [2.75, 3.05) is 14.2 Å². The van der Waals surface area contributed by atoms with Gasteiger partial charge in [0.2, 0.25) is 0 Å². The van der Waals surface area contributed by atoms with Crippen LogP contribution in [0.25, 0.3) is 11.6 Å². The van der Waals surface area contributed by atoms with E-state index in [2.05, 4.69) is 0 Å². The van der Waals surface area contributed by atoms with Gasteiger partial charge in [0, 0.05) is 5.57 Å². The molecule has 4 nitrogen and oxygen atoms in total. The molecule has 0 aliphatic carbocycles. The van der Waals surface area contributed by atoms with E-state index in [9.17, 15) is 23.1 Å². The molecule has 0 aliphatic rings. The molecular formula is C21H19F3O4. The first-order chi connectivity index (χ1) is 13.2. The minimum Gasteiger partial charge on any atom is -0.493 e. The first kappa shape index (κ1) is 21.1. The van der Waals surface area contributed by atoms with Crippen LogP contribution < -0.4 is 9.47 Å². The lowest BCUT2D eigenvalue weighted by atomic mass is 9.98. The van der Waals surface area contributed by atoms with E-state index >= 15 is 0 Å². The number of methoxy groups -OCH3 is 2. The molecule has 0 atom stereocenters. The molecule has 0 bridgehead atoms. The van der Waals surface area contributed by atoms with E-state index in [0.717, 1.165) is 12.1 Å². The molecule has 0 aromatic heterocycles. The van der Waals surface area contributed by atoms with Crippen molar-refractivity contribution >= 4 is 17.6 Å². The Morgan fingerprint density at radius 2 is 1.61 bits per heavy atom. The first-order valence-corrected chi connectivity index (χ1v) is 8.19. The summed E-state index contributed by atoms with van der Waals surface area (Å²) in [5.41, 5.74) is 0.802. The van der Waals surface area contributed by atoms with Gasteiger partial charge in [-0.2, -0.15) is 13.2 Å². The van der Waals surface area contributed by atoms with E-state index in [0.29, 0.717) is 28.2 Å². The molecule has 1 N–H and O–H groups in total. The summed E-state index contributed by atoms with van der Waals surface area (Å²) >= 11 is 0. The van der Waals surface area contributed by atoms with Gasteiger partial charge >= 0.3 is 12.1 Å². The van der Waals surface area contributed by atoms with Crippen molar-refractivity contribution in [3.63, 3.8) is 0 Å². The fraction of sp³-hybridized carbons (Fsp3) is 0.190. The average molecular weight is 392 g/mol. The predicted molar refractivity (Wildman–Crippen MR) is 100 cm³/mol.